The minimum absolute atomic E-state index is 0. The van der Waals surface area contributed by atoms with Crippen LogP contribution in [0.2, 0.25) is 0 Å². The lowest BCUT2D eigenvalue weighted by atomic mass is 9.85. The zero-order valence-electron chi connectivity index (χ0n) is 12.4. The third kappa shape index (κ3) is 3.70. The van der Waals surface area contributed by atoms with Gasteiger partial charge in [-0.25, -0.2) is 0 Å². The number of amides is 1. The Kier molecular flexibility index (Phi) is 5.89. The van der Waals surface area contributed by atoms with Gasteiger partial charge in [0.25, 0.3) is 0 Å². The first-order chi connectivity index (χ1) is 9.98. The molecule has 0 radical (unpaired) electrons. The first-order valence-electron chi connectivity index (χ1n) is 7.13. The lowest BCUT2D eigenvalue weighted by molar-refractivity contribution is -0.334. The standard InChI is InChI=1S/C13H18F6N2O.ClH/c1-8-6-9(2-4-20-8)10(22)21-5-3-11(7-21,12(14,15)16)13(17,18)19;/h8-9,20H,2-7H2,1H3;1H/t8-,9-;/m0./s1. The third-order valence-electron chi connectivity index (χ3n) is 4.64. The maximum atomic E-state index is 13.0. The van der Waals surface area contributed by atoms with Crippen LogP contribution in [0, 0.1) is 11.3 Å². The first-order valence-corrected chi connectivity index (χ1v) is 7.13. The van der Waals surface area contributed by atoms with E-state index in [1.807, 2.05) is 6.92 Å². The molecule has 2 saturated heterocycles. The molecule has 0 bridgehead atoms. The van der Waals surface area contributed by atoms with E-state index in [0.29, 0.717) is 19.4 Å². The molecule has 3 nitrogen and oxygen atoms in total. The van der Waals surface area contributed by atoms with Gasteiger partial charge in [-0.1, -0.05) is 0 Å². The van der Waals surface area contributed by atoms with Crippen molar-refractivity contribution in [2.45, 2.75) is 44.6 Å². The van der Waals surface area contributed by atoms with Crippen LogP contribution >= 0.6 is 12.4 Å². The SMILES string of the molecule is C[C@H]1C[C@@H](C(=O)N2CCC(C(F)(F)F)(C(F)(F)F)C2)CCN1.Cl. The Hall–Kier alpha value is -0.700. The molecule has 0 saturated carbocycles. The number of hydrogen-bond donors (Lipinski definition) is 1. The average Bonchev–Trinajstić information content (AvgIpc) is 2.83. The quantitative estimate of drug-likeness (QED) is 0.721. The molecule has 0 unspecified atom stereocenters. The third-order valence-corrected chi connectivity index (χ3v) is 4.64. The van der Waals surface area contributed by atoms with E-state index >= 15 is 0 Å². The summed E-state index contributed by atoms with van der Waals surface area (Å²) in [6, 6.07) is 0.0280. The Bertz CT molecular complexity index is 425. The predicted molar refractivity (Wildman–Crippen MR) is 73.2 cm³/mol. The number of nitrogens with zero attached hydrogens (tertiary/aromatic N) is 1. The minimum Gasteiger partial charge on any atom is -0.341 e. The largest absolute Gasteiger partial charge is 0.404 e. The Morgan fingerprint density at radius 2 is 1.74 bits per heavy atom. The van der Waals surface area contributed by atoms with Crippen molar-refractivity contribution in [1.29, 1.82) is 0 Å². The number of rotatable bonds is 1. The number of carbonyl (C=O) groups is 1. The van der Waals surface area contributed by atoms with Crippen LogP contribution in [0.5, 0.6) is 0 Å². The van der Waals surface area contributed by atoms with Gasteiger partial charge in [0, 0.05) is 25.0 Å². The lowest BCUT2D eigenvalue weighted by Gasteiger charge is -2.34. The summed E-state index contributed by atoms with van der Waals surface area (Å²) in [5.41, 5.74) is -3.80. The summed E-state index contributed by atoms with van der Waals surface area (Å²) in [6.07, 6.45) is -11.1. The molecule has 0 aromatic rings. The van der Waals surface area contributed by atoms with Crippen molar-refractivity contribution in [3.63, 3.8) is 0 Å². The van der Waals surface area contributed by atoms with Crippen LogP contribution in [-0.2, 0) is 4.79 Å². The van der Waals surface area contributed by atoms with Gasteiger partial charge in [0.05, 0.1) is 0 Å². The number of piperidine rings is 1. The first kappa shape index (κ1) is 20.3. The monoisotopic (exact) mass is 368 g/mol. The van der Waals surface area contributed by atoms with Gasteiger partial charge in [-0.05, 0) is 32.7 Å². The molecule has 2 rings (SSSR count). The van der Waals surface area contributed by atoms with Crippen LogP contribution in [0.15, 0.2) is 0 Å². The molecule has 0 aromatic heterocycles. The van der Waals surface area contributed by atoms with Crippen molar-refractivity contribution in [3.05, 3.63) is 0 Å². The highest BCUT2D eigenvalue weighted by atomic mass is 35.5. The molecule has 23 heavy (non-hydrogen) atoms. The maximum absolute atomic E-state index is 13.0. The number of hydrogen-bond acceptors (Lipinski definition) is 2. The molecule has 2 aliphatic heterocycles. The molecule has 1 N–H and O–H groups in total. The molecule has 2 fully saturated rings. The highest BCUT2D eigenvalue weighted by Gasteiger charge is 2.73. The Balaban J connectivity index is 0.00000264. The lowest BCUT2D eigenvalue weighted by Crippen LogP contribution is -2.53. The van der Waals surface area contributed by atoms with E-state index in [0.717, 1.165) is 4.90 Å². The van der Waals surface area contributed by atoms with Gasteiger partial charge in [0.15, 0.2) is 5.41 Å². The number of carbonyl (C=O) groups excluding carboxylic acids is 1. The van der Waals surface area contributed by atoms with Crippen molar-refractivity contribution in [3.8, 4) is 0 Å². The zero-order chi connectivity index (χ0) is 16.8. The predicted octanol–water partition coefficient (Wildman–Crippen LogP) is 3.14. The van der Waals surface area contributed by atoms with Gasteiger partial charge < -0.3 is 10.2 Å². The van der Waals surface area contributed by atoms with Crippen molar-refractivity contribution in [1.82, 2.24) is 10.2 Å². The number of nitrogens with one attached hydrogen (secondary N) is 1. The molecule has 2 heterocycles. The van der Waals surface area contributed by atoms with Crippen LogP contribution in [-0.4, -0.2) is 48.8 Å². The van der Waals surface area contributed by atoms with Gasteiger partial charge in [-0.15, -0.1) is 12.4 Å². The van der Waals surface area contributed by atoms with E-state index in [9.17, 15) is 31.1 Å². The topological polar surface area (TPSA) is 32.3 Å². The normalized spacial score (nSPS) is 28.4. The second kappa shape index (κ2) is 6.66. The second-order valence-corrected chi connectivity index (χ2v) is 6.16. The smallest absolute Gasteiger partial charge is 0.341 e. The minimum atomic E-state index is -5.41. The van der Waals surface area contributed by atoms with Gasteiger partial charge in [0.2, 0.25) is 5.91 Å². The summed E-state index contributed by atoms with van der Waals surface area (Å²) in [6.45, 7) is 0.543. The van der Waals surface area contributed by atoms with E-state index in [1.165, 1.54) is 0 Å². The van der Waals surface area contributed by atoms with Crippen molar-refractivity contribution in [2.24, 2.45) is 11.3 Å². The number of halogens is 7. The van der Waals surface area contributed by atoms with E-state index < -0.39 is 49.1 Å². The molecule has 2 atom stereocenters. The van der Waals surface area contributed by atoms with E-state index in [1.54, 1.807) is 0 Å². The fourth-order valence-corrected chi connectivity index (χ4v) is 3.24. The maximum Gasteiger partial charge on any atom is 0.404 e. The average molecular weight is 369 g/mol. The molecule has 2 aliphatic rings. The summed E-state index contributed by atoms with van der Waals surface area (Å²) < 4.78 is 77.9. The van der Waals surface area contributed by atoms with Crippen molar-refractivity contribution >= 4 is 18.3 Å². The Labute approximate surface area is 136 Å². The van der Waals surface area contributed by atoms with Crippen LogP contribution in [0.3, 0.4) is 0 Å². The molecule has 0 spiro atoms. The summed E-state index contributed by atoms with van der Waals surface area (Å²) in [5.74, 6) is -1.10. The molecule has 0 aromatic carbocycles. The van der Waals surface area contributed by atoms with Crippen LogP contribution < -0.4 is 5.32 Å². The van der Waals surface area contributed by atoms with Gasteiger partial charge in [0.1, 0.15) is 0 Å². The van der Waals surface area contributed by atoms with Crippen LogP contribution in [0.25, 0.3) is 0 Å². The summed E-state index contributed by atoms with van der Waals surface area (Å²) in [4.78, 5) is 13.0. The Morgan fingerprint density at radius 1 is 1.17 bits per heavy atom. The van der Waals surface area contributed by atoms with E-state index in [-0.39, 0.29) is 18.4 Å². The van der Waals surface area contributed by atoms with E-state index in [4.69, 9.17) is 0 Å². The van der Waals surface area contributed by atoms with Crippen molar-refractivity contribution in [2.75, 3.05) is 19.6 Å². The van der Waals surface area contributed by atoms with Crippen LogP contribution in [0.4, 0.5) is 26.3 Å². The fraction of sp³-hybridized carbons (Fsp3) is 0.923. The molecular weight excluding hydrogens is 350 g/mol. The van der Waals surface area contributed by atoms with Gasteiger partial charge in [-0.2, -0.15) is 26.3 Å². The molecule has 0 aliphatic carbocycles. The summed E-state index contributed by atoms with van der Waals surface area (Å²) >= 11 is 0. The van der Waals surface area contributed by atoms with E-state index in [2.05, 4.69) is 5.32 Å². The second-order valence-electron chi connectivity index (χ2n) is 6.16. The molecule has 136 valence electrons. The summed E-state index contributed by atoms with van der Waals surface area (Å²) in [5, 5.41) is 3.09. The van der Waals surface area contributed by atoms with Crippen molar-refractivity contribution < 1.29 is 31.1 Å². The molecular formula is C13H19ClF6N2O. The van der Waals surface area contributed by atoms with Gasteiger partial charge >= 0.3 is 12.4 Å². The fourth-order valence-electron chi connectivity index (χ4n) is 3.24. The van der Waals surface area contributed by atoms with Gasteiger partial charge in [-0.3, -0.25) is 4.79 Å². The Morgan fingerprint density at radius 3 is 2.17 bits per heavy atom. The summed E-state index contributed by atoms with van der Waals surface area (Å²) in [7, 11) is 0. The zero-order valence-corrected chi connectivity index (χ0v) is 13.2. The highest BCUT2D eigenvalue weighted by Crippen LogP contribution is 2.55. The van der Waals surface area contributed by atoms with Crippen LogP contribution in [0.1, 0.15) is 26.2 Å². The number of alkyl halides is 6. The molecule has 1 amide bonds. The number of likely N-dealkylation sites (tertiary alicyclic amines) is 1. The molecule has 10 heteroatoms. The highest BCUT2D eigenvalue weighted by molar-refractivity contribution is 5.85.